The summed E-state index contributed by atoms with van der Waals surface area (Å²) in [7, 11) is 1.70. The molecule has 5 atom stereocenters. The van der Waals surface area contributed by atoms with E-state index in [1.165, 1.54) is 9.80 Å². The van der Waals surface area contributed by atoms with Crippen molar-refractivity contribution in [3.63, 3.8) is 0 Å². The molecule has 3 aliphatic rings. The minimum Gasteiger partial charge on any atom is -0.396 e. The zero-order chi connectivity index (χ0) is 27.0. The normalized spacial score (nSPS) is 29.8. The highest BCUT2D eigenvalue weighted by atomic mass is 35.5. The number of halogens is 1. The molecule has 3 fully saturated rings. The van der Waals surface area contributed by atoms with Gasteiger partial charge in [0.15, 0.2) is 0 Å². The summed E-state index contributed by atoms with van der Waals surface area (Å²) < 4.78 is 6.79. The van der Waals surface area contributed by atoms with E-state index in [1.807, 2.05) is 6.92 Å². The lowest BCUT2D eigenvalue weighted by Crippen LogP contribution is -2.56. The zero-order valence-electron chi connectivity index (χ0n) is 21.6. The largest absolute Gasteiger partial charge is 0.396 e. The molecule has 1 aromatic rings. The number of hydrogen-bond acceptors (Lipinski definition) is 5. The first-order valence-electron chi connectivity index (χ1n) is 12.9. The van der Waals surface area contributed by atoms with Crippen LogP contribution in [0.4, 0.5) is 5.69 Å². The number of anilines is 1. The van der Waals surface area contributed by atoms with E-state index in [0.717, 1.165) is 0 Å². The van der Waals surface area contributed by atoms with Crippen molar-refractivity contribution in [1.29, 1.82) is 0 Å². The maximum atomic E-state index is 14.4. The Hall–Kier alpha value is -2.68. The number of fused-ring (bicyclic) bond motifs is 1. The molecule has 4 rings (SSSR count). The highest BCUT2D eigenvalue weighted by Gasteiger charge is 2.78. The monoisotopic (exact) mass is 529 g/mol. The first-order chi connectivity index (χ1) is 17.7. The number of aliphatic hydroxyl groups is 1. The molecule has 1 spiro atoms. The molecule has 2 unspecified atom stereocenters. The van der Waals surface area contributed by atoms with E-state index in [9.17, 15) is 19.5 Å². The van der Waals surface area contributed by atoms with Crippen LogP contribution in [0.2, 0.25) is 5.02 Å². The molecule has 0 aliphatic carbocycles. The number of carbonyl (C=O) groups is 3. The Labute approximate surface area is 223 Å². The van der Waals surface area contributed by atoms with Crippen molar-refractivity contribution in [1.82, 2.24) is 9.80 Å². The van der Waals surface area contributed by atoms with Gasteiger partial charge in [-0.25, -0.2) is 0 Å². The summed E-state index contributed by atoms with van der Waals surface area (Å²) >= 11 is 6.48. The molecule has 3 saturated heterocycles. The lowest BCUT2D eigenvalue weighted by molar-refractivity contribution is -0.150. The van der Waals surface area contributed by atoms with E-state index in [2.05, 4.69) is 13.2 Å². The Morgan fingerprint density at radius 2 is 1.92 bits per heavy atom. The number of para-hydroxylation sites is 1. The molecule has 0 radical (unpaired) electrons. The minimum atomic E-state index is -1.14. The number of carbonyl (C=O) groups excluding carboxylic acids is 3. The molecule has 37 heavy (non-hydrogen) atoms. The van der Waals surface area contributed by atoms with Crippen molar-refractivity contribution in [2.45, 2.75) is 49.9 Å². The third kappa shape index (κ3) is 4.19. The van der Waals surface area contributed by atoms with Gasteiger partial charge in [0, 0.05) is 33.3 Å². The van der Waals surface area contributed by atoms with Crippen molar-refractivity contribution >= 4 is 35.0 Å². The van der Waals surface area contributed by atoms with Crippen LogP contribution < -0.4 is 4.90 Å². The standard InChI is InChI=1S/C28H36ClN3O5/c1-5-15-30(4)24(34)21-22-25(35)32(17-10-18-33)23(28(22)14-13-27(21,7-3)37-28)26(36)31(16-6-2)20-12-9-8-11-19(20)29/h5-6,8-9,11-12,21-23,33H,1-2,7,10,13-18H2,3-4H3/t21-,22-,23?,27+,28?/m0/s1. The SMILES string of the molecule is C=CCN(C)C(=O)[C@@H]1[C@H]2C(=O)N(CCCO)C(C(=O)N(CC=C)c3ccccc3Cl)C23CC[C@@]1(CC)O3. The number of amides is 3. The summed E-state index contributed by atoms with van der Waals surface area (Å²) in [6.07, 6.45) is 5.18. The van der Waals surface area contributed by atoms with Crippen molar-refractivity contribution in [2.24, 2.45) is 11.8 Å². The van der Waals surface area contributed by atoms with Gasteiger partial charge in [-0.2, -0.15) is 0 Å². The van der Waals surface area contributed by atoms with Crippen LogP contribution in [-0.2, 0) is 19.1 Å². The Kier molecular flexibility index (Phi) is 7.83. The van der Waals surface area contributed by atoms with Gasteiger partial charge >= 0.3 is 0 Å². The summed E-state index contributed by atoms with van der Waals surface area (Å²) in [4.78, 5) is 46.9. The fourth-order valence-corrected chi connectivity index (χ4v) is 6.87. The molecule has 3 heterocycles. The van der Waals surface area contributed by atoms with Gasteiger partial charge in [0.25, 0.3) is 5.91 Å². The van der Waals surface area contributed by atoms with Gasteiger partial charge < -0.3 is 24.5 Å². The Morgan fingerprint density at radius 1 is 1.22 bits per heavy atom. The maximum Gasteiger partial charge on any atom is 0.253 e. The van der Waals surface area contributed by atoms with Crippen molar-refractivity contribution < 1.29 is 24.2 Å². The predicted octanol–water partition coefficient (Wildman–Crippen LogP) is 3.04. The van der Waals surface area contributed by atoms with E-state index in [1.54, 1.807) is 48.4 Å². The average Bonchev–Trinajstić information content (AvgIpc) is 3.49. The van der Waals surface area contributed by atoms with Crippen LogP contribution in [0.1, 0.15) is 32.6 Å². The van der Waals surface area contributed by atoms with Crippen LogP contribution >= 0.6 is 11.6 Å². The van der Waals surface area contributed by atoms with Crippen LogP contribution in [0.3, 0.4) is 0 Å². The summed E-state index contributed by atoms with van der Waals surface area (Å²) in [5.74, 6) is -2.27. The van der Waals surface area contributed by atoms with Crippen molar-refractivity contribution in [3.05, 3.63) is 54.6 Å². The molecule has 2 bridgehead atoms. The van der Waals surface area contributed by atoms with Gasteiger partial charge in [0.05, 0.1) is 28.1 Å². The first-order valence-corrected chi connectivity index (χ1v) is 13.2. The van der Waals surface area contributed by atoms with Crippen molar-refractivity contribution in [2.75, 3.05) is 38.2 Å². The summed E-state index contributed by atoms with van der Waals surface area (Å²) in [6.45, 7) is 10.1. The summed E-state index contributed by atoms with van der Waals surface area (Å²) in [5.41, 5.74) is -1.45. The van der Waals surface area contributed by atoms with E-state index < -0.39 is 29.1 Å². The molecular formula is C28H36ClN3O5. The molecule has 9 heteroatoms. The van der Waals surface area contributed by atoms with Crippen LogP contribution in [0, 0.1) is 11.8 Å². The topological polar surface area (TPSA) is 90.4 Å². The molecular weight excluding hydrogens is 494 g/mol. The number of hydrogen-bond donors (Lipinski definition) is 1. The van der Waals surface area contributed by atoms with Gasteiger partial charge in [0.2, 0.25) is 11.8 Å². The number of ether oxygens (including phenoxy) is 1. The van der Waals surface area contributed by atoms with Crippen LogP contribution in [0.25, 0.3) is 0 Å². The number of benzene rings is 1. The molecule has 200 valence electrons. The summed E-state index contributed by atoms with van der Waals surface area (Å²) in [6, 6.07) is 6.09. The van der Waals surface area contributed by atoms with Gasteiger partial charge in [-0.1, -0.05) is 42.8 Å². The highest BCUT2D eigenvalue weighted by Crippen LogP contribution is 2.64. The van der Waals surface area contributed by atoms with Gasteiger partial charge in [-0.15, -0.1) is 13.2 Å². The second-order valence-electron chi connectivity index (χ2n) is 10.1. The van der Waals surface area contributed by atoms with Gasteiger partial charge in [0.1, 0.15) is 11.6 Å². The molecule has 3 amide bonds. The van der Waals surface area contributed by atoms with E-state index in [4.69, 9.17) is 16.3 Å². The van der Waals surface area contributed by atoms with Crippen LogP contribution in [0.15, 0.2) is 49.6 Å². The Morgan fingerprint density at radius 3 is 2.54 bits per heavy atom. The number of aliphatic hydroxyl groups excluding tert-OH is 1. The number of likely N-dealkylation sites (N-methyl/N-ethyl adjacent to an activating group) is 1. The fraction of sp³-hybridized carbons (Fsp3) is 0.536. The van der Waals surface area contributed by atoms with Gasteiger partial charge in [-0.05, 0) is 37.8 Å². The molecule has 1 aromatic carbocycles. The average molecular weight is 530 g/mol. The summed E-state index contributed by atoms with van der Waals surface area (Å²) in [5, 5.41) is 9.97. The lowest BCUT2D eigenvalue weighted by Gasteiger charge is -2.37. The number of rotatable bonds is 11. The van der Waals surface area contributed by atoms with E-state index >= 15 is 0 Å². The second kappa shape index (κ2) is 10.6. The fourth-order valence-electron chi connectivity index (χ4n) is 6.63. The Balaban J connectivity index is 1.83. The first kappa shape index (κ1) is 27.4. The number of likely N-dealkylation sites (tertiary alicyclic amines) is 1. The zero-order valence-corrected chi connectivity index (χ0v) is 22.3. The minimum absolute atomic E-state index is 0.132. The Bertz CT molecular complexity index is 1100. The van der Waals surface area contributed by atoms with E-state index in [0.29, 0.717) is 42.9 Å². The quantitative estimate of drug-likeness (QED) is 0.445. The highest BCUT2D eigenvalue weighted by molar-refractivity contribution is 6.34. The van der Waals surface area contributed by atoms with Crippen LogP contribution in [-0.4, -0.2) is 83.2 Å². The smallest absolute Gasteiger partial charge is 0.253 e. The molecule has 0 aromatic heterocycles. The van der Waals surface area contributed by atoms with Gasteiger partial charge in [-0.3, -0.25) is 14.4 Å². The molecule has 3 aliphatic heterocycles. The number of nitrogens with zero attached hydrogens (tertiary/aromatic N) is 3. The predicted molar refractivity (Wildman–Crippen MR) is 142 cm³/mol. The van der Waals surface area contributed by atoms with E-state index in [-0.39, 0.29) is 37.4 Å². The maximum absolute atomic E-state index is 14.4. The van der Waals surface area contributed by atoms with Crippen molar-refractivity contribution in [3.8, 4) is 0 Å². The molecule has 8 nitrogen and oxygen atoms in total. The molecule has 1 N–H and O–H groups in total. The molecule has 0 saturated carbocycles. The van der Waals surface area contributed by atoms with Crippen LogP contribution in [0.5, 0.6) is 0 Å². The second-order valence-corrected chi connectivity index (χ2v) is 10.5. The third-order valence-corrected chi connectivity index (χ3v) is 8.56. The lowest BCUT2D eigenvalue weighted by atomic mass is 9.64. The third-order valence-electron chi connectivity index (χ3n) is 8.24.